The predicted octanol–water partition coefficient (Wildman–Crippen LogP) is 3.08. The van der Waals surface area contributed by atoms with E-state index < -0.39 is 0 Å². The Labute approximate surface area is 137 Å². The monoisotopic (exact) mass is 324 g/mol. The molecule has 1 aromatic rings. The highest BCUT2D eigenvalue weighted by atomic mass is 35.5. The zero-order valence-corrected chi connectivity index (χ0v) is 14.2. The molecule has 0 saturated heterocycles. The lowest BCUT2D eigenvalue weighted by Crippen LogP contribution is -2.49. The van der Waals surface area contributed by atoms with E-state index in [2.05, 4.69) is 24.3 Å². The molecule has 4 nitrogen and oxygen atoms in total. The van der Waals surface area contributed by atoms with Gasteiger partial charge in [-0.1, -0.05) is 24.4 Å². The molecular formula is C17H25ClN2O2. The van der Waals surface area contributed by atoms with Crippen molar-refractivity contribution in [3.05, 3.63) is 22.7 Å². The van der Waals surface area contributed by atoms with Crippen LogP contribution in [0.25, 0.3) is 0 Å². The number of benzene rings is 1. The molecule has 1 fully saturated rings. The average molecular weight is 325 g/mol. The van der Waals surface area contributed by atoms with E-state index in [-0.39, 0.29) is 0 Å². The highest BCUT2D eigenvalue weighted by Crippen LogP contribution is 2.38. The molecule has 22 heavy (non-hydrogen) atoms. The van der Waals surface area contributed by atoms with Crippen molar-refractivity contribution >= 4 is 11.6 Å². The second-order valence-electron chi connectivity index (χ2n) is 6.53. The summed E-state index contributed by atoms with van der Waals surface area (Å²) in [5.74, 6) is 1.44. The molecule has 0 radical (unpaired) electrons. The first kappa shape index (κ1) is 15.9. The van der Waals surface area contributed by atoms with E-state index in [1.165, 1.54) is 25.7 Å². The molecule has 0 aromatic heterocycles. The average Bonchev–Trinajstić information content (AvgIpc) is 2.98. The van der Waals surface area contributed by atoms with Gasteiger partial charge >= 0.3 is 0 Å². The Hall–Kier alpha value is -0.970. The van der Waals surface area contributed by atoms with E-state index in [1.807, 2.05) is 12.1 Å². The molecule has 0 amide bonds. The van der Waals surface area contributed by atoms with E-state index in [9.17, 15) is 0 Å². The molecule has 0 bridgehead atoms. The fraction of sp³-hybridized carbons (Fsp3) is 0.647. The first-order valence-electron chi connectivity index (χ1n) is 8.07. The van der Waals surface area contributed by atoms with Crippen LogP contribution in [0.1, 0.15) is 31.2 Å². The molecule has 0 spiro atoms. The minimum Gasteiger partial charge on any atom is -0.486 e. The summed E-state index contributed by atoms with van der Waals surface area (Å²) in [6, 6.07) is 4.00. The van der Waals surface area contributed by atoms with E-state index in [0.29, 0.717) is 29.5 Å². The van der Waals surface area contributed by atoms with E-state index in [4.69, 9.17) is 21.1 Å². The number of ether oxygens (including phenoxy) is 2. The largest absolute Gasteiger partial charge is 0.486 e. The standard InChI is InChI=1S/C17H25ClN2O2/c1-20(2)17(5-3-4-6-17)12-19-11-13-9-14(18)16-15(10-13)21-7-8-22-16/h9-10,19H,3-8,11-12H2,1-2H3. The second kappa shape index (κ2) is 6.65. The molecule has 1 N–H and O–H groups in total. The summed E-state index contributed by atoms with van der Waals surface area (Å²) >= 11 is 6.29. The number of nitrogens with one attached hydrogen (secondary N) is 1. The Balaban J connectivity index is 1.63. The van der Waals surface area contributed by atoms with Crippen LogP contribution in [0.5, 0.6) is 11.5 Å². The van der Waals surface area contributed by atoms with Gasteiger partial charge < -0.3 is 19.7 Å². The summed E-state index contributed by atoms with van der Waals surface area (Å²) in [4.78, 5) is 2.38. The SMILES string of the molecule is CN(C)C1(CNCc2cc(Cl)c3c(c2)OCCO3)CCCC1. The zero-order chi connectivity index (χ0) is 15.6. The Kier molecular flexibility index (Phi) is 4.81. The third-order valence-corrected chi connectivity index (χ3v) is 5.20. The van der Waals surface area contributed by atoms with Gasteiger partial charge in [0.1, 0.15) is 13.2 Å². The second-order valence-corrected chi connectivity index (χ2v) is 6.94. The minimum absolute atomic E-state index is 0.303. The lowest BCUT2D eigenvalue weighted by Gasteiger charge is -2.36. The predicted molar refractivity (Wildman–Crippen MR) is 89.0 cm³/mol. The molecule has 122 valence electrons. The molecule has 5 heteroatoms. The van der Waals surface area contributed by atoms with Crippen LogP contribution in [0.15, 0.2) is 12.1 Å². The number of hydrogen-bond donors (Lipinski definition) is 1. The molecule has 2 aliphatic rings. The van der Waals surface area contributed by atoms with Crippen LogP contribution < -0.4 is 14.8 Å². The first-order valence-corrected chi connectivity index (χ1v) is 8.45. The summed E-state index contributed by atoms with van der Waals surface area (Å²) < 4.78 is 11.2. The highest BCUT2D eigenvalue weighted by Gasteiger charge is 2.35. The molecule has 0 unspecified atom stereocenters. The molecule has 3 rings (SSSR count). The van der Waals surface area contributed by atoms with Gasteiger partial charge in [-0.05, 0) is 44.6 Å². The van der Waals surface area contributed by atoms with E-state index in [0.717, 1.165) is 24.4 Å². The summed E-state index contributed by atoms with van der Waals surface area (Å²) in [5, 5.41) is 4.24. The zero-order valence-electron chi connectivity index (χ0n) is 13.5. The molecule has 1 aliphatic heterocycles. The first-order chi connectivity index (χ1) is 10.6. The summed E-state index contributed by atoms with van der Waals surface area (Å²) in [6.45, 7) is 2.96. The van der Waals surface area contributed by atoms with Crippen LogP contribution >= 0.6 is 11.6 Å². The number of rotatable bonds is 5. The van der Waals surface area contributed by atoms with Gasteiger partial charge in [-0.2, -0.15) is 0 Å². The van der Waals surface area contributed by atoms with Gasteiger partial charge in [0.2, 0.25) is 0 Å². The van der Waals surface area contributed by atoms with Crippen LogP contribution in [0.4, 0.5) is 0 Å². The maximum Gasteiger partial charge on any atom is 0.179 e. The summed E-state index contributed by atoms with van der Waals surface area (Å²) in [7, 11) is 4.38. The number of halogens is 1. The van der Waals surface area contributed by atoms with Crippen molar-refractivity contribution < 1.29 is 9.47 Å². The summed E-state index contributed by atoms with van der Waals surface area (Å²) in [6.07, 6.45) is 5.20. The fourth-order valence-electron chi connectivity index (χ4n) is 3.52. The topological polar surface area (TPSA) is 33.7 Å². The number of nitrogens with zero attached hydrogens (tertiary/aromatic N) is 1. The molecule has 1 saturated carbocycles. The van der Waals surface area contributed by atoms with Gasteiger partial charge in [-0.25, -0.2) is 0 Å². The van der Waals surface area contributed by atoms with Crippen LogP contribution in [-0.4, -0.2) is 44.3 Å². The van der Waals surface area contributed by atoms with Crippen LogP contribution in [0.3, 0.4) is 0 Å². The van der Waals surface area contributed by atoms with Crippen molar-refractivity contribution in [3.8, 4) is 11.5 Å². The van der Waals surface area contributed by atoms with Crippen molar-refractivity contribution in [1.82, 2.24) is 10.2 Å². The van der Waals surface area contributed by atoms with Crippen LogP contribution in [-0.2, 0) is 6.54 Å². The summed E-state index contributed by atoms with van der Waals surface area (Å²) in [5.41, 5.74) is 1.44. The maximum atomic E-state index is 6.29. The normalized spacial score (nSPS) is 19.6. The van der Waals surface area contributed by atoms with Crippen LogP contribution in [0, 0.1) is 0 Å². The van der Waals surface area contributed by atoms with Gasteiger partial charge in [0.05, 0.1) is 5.02 Å². The van der Waals surface area contributed by atoms with E-state index in [1.54, 1.807) is 0 Å². The third-order valence-electron chi connectivity index (χ3n) is 4.92. The Morgan fingerprint density at radius 3 is 2.64 bits per heavy atom. The van der Waals surface area contributed by atoms with Crippen molar-refractivity contribution in [2.45, 2.75) is 37.8 Å². The van der Waals surface area contributed by atoms with Gasteiger partial charge in [0, 0.05) is 18.6 Å². The number of hydrogen-bond acceptors (Lipinski definition) is 4. The van der Waals surface area contributed by atoms with Crippen LogP contribution in [0.2, 0.25) is 5.02 Å². The van der Waals surface area contributed by atoms with Gasteiger partial charge in [0.25, 0.3) is 0 Å². The molecule has 1 aliphatic carbocycles. The van der Waals surface area contributed by atoms with Gasteiger partial charge in [0.15, 0.2) is 11.5 Å². The third kappa shape index (κ3) is 3.19. The molecule has 0 atom stereocenters. The quantitative estimate of drug-likeness (QED) is 0.902. The smallest absolute Gasteiger partial charge is 0.179 e. The molecule has 1 heterocycles. The highest BCUT2D eigenvalue weighted by molar-refractivity contribution is 6.32. The van der Waals surface area contributed by atoms with Crippen molar-refractivity contribution in [1.29, 1.82) is 0 Å². The van der Waals surface area contributed by atoms with Gasteiger partial charge in [-0.15, -0.1) is 0 Å². The van der Waals surface area contributed by atoms with Gasteiger partial charge in [-0.3, -0.25) is 0 Å². The molecular weight excluding hydrogens is 300 g/mol. The lowest BCUT2D eigenvalue weighted by molar-refractivity contribution is 0.153. The van der Waals surface area contributed by atoms with Crippen molar-refractivity contribution in [3.63, 3.8) is 0 Å². The number of likely N-dealkylation sites (N-methyl/N-ethyl adjacent to an activating group) is 1. The Morgan fingerprint density at radius 2 is 1.91 bits per heavy atom. The van der Waals surface area contributed by atoms with Crippen molar-refractivity contribution in [2.24, 2.45) is 0 Å². The molecule has 1 aromatic carbocycles. The maximum absolute atomic E-state index is 6.29. The minimum atomic E-state index is 0.303. The Morgan fingerprint density at radius 1 is 1.18 bits per heavy atom. The Bertz CT molecular complexity index is 528. The van der Waals surface area contributed by atoms with Crippen molar-refractivity contribution in [2.75, 3.05) is 33.9 Å². The number of fused-ring (bicyclic) bond motifs is 1. The lowest BCUT2D eigenvalue weighted by atomic mass is 9.96. The van der Waals surface area contributed by atoms with E-state index >= 15 is 0 Å². The fourth-order valence-corrected chi connectivity index (χ4v) is 3.81.